The van der Waals surface area contributed by atoms with Crippen LogP contribution < -0.4 is 15.9 Å². The molecular formula is C40H46F2N8O5. The van der Waals surface area contributed by atoms with E-state index in [4.69, 9.17) is 9.47 Å². The summed E-state index contributed by atoms with van der Waals surface area (Å²) < 4.78 is 46.4. The van der Waals surface area contributed by atoms with Gasteiger partial charge >= 0.3 is 5.69 Å². The molecule has 1 aliphatic carbocycles. The van der Waals surface area contributed by atoms with Crippen LogP contribution in [-0.2, 0) is 32.5 Å². The number of para-hydroxylation sites is 1. The van der Waals surface area contributed by atoms with Crippen molar-refractivity contribution < 1.29 is 27.8 Å². The molecule has 55 heavy (non-hydrogen) atoms. The zero-order chi connectivity index (χ0) is 38.1. The van der Waals surface area contributed by atoms with Gasteiger partial charge in [0.15, 0.2) is 5.69 Å². The van der Waals surface area contributed by atoms with Crippen molar-refractivity contribution in [1.29, 1.82) is 0 Å². The number of carbonyl (C=O) groups excluding carboxylic acids is 2. The van der Waals surface area contributed by atoms with Crippen LogP contribution in [0.15, 0.2) is 65.7 Å². The molecule has 2 amide bonds. The molecule has 2 aliphatic heterocycles. The van der Waals surface area contributed by atoms with E-state index in [0.29, 0.717) is 56.6 Å². The van der Waals surface area contributed by atoms with Crippen LogP contribution in [0.1, 0.15) is 74.7 Å². The second-order valence-corrected chi connectivity index (χ2v) is 14.8. The van der Waals surface area contributed by atoms with Gasteiger partial charge < -0.3 is 14.4 Å². The SMILES string of the molecule is Cn1c(=O)n(C2CCC(=O)NC2=O)c2cccc(-c3cccc(CCCOCC4CCC(n5cc(-n6nccc6N6CCOCC6)c(C(F)F)n5)CC4)c3)c21. The number of benzene rings is 2. The van der Waals surface area contributed by atoms with E-state index in [0.717, 1.165) is 66.5 Å². The van der Waals surface area contributed by atoms with Crippen LogP contribution in [-0.4, -0.2) is 80.0 Å². The number of anilines is 1. The normalized spacial score (nSPS) is 20.8. The molecule has 1 unspecified atom stereocenters. The Morgan fingerprint density at radius 2 is 1.80 bits per heavy atom. The number of imidazole rings is 1. The first-order valence-electron chi connectivity index (χ1n) is 19.2. The molecule has 3 fully saturated rings. The number of aromatic nitrogens is 6. The zero-order valence-corrected chi connectivity index (χ0v) is 30.9. The van der Waals surface area contributed by atoms with Gasteiger partial charge in [-0.05, 0) is 68.1 Å². The molecule has 0 spiro atoms. The standard InChI is InChI=1S/C40H46F2N8O5/c1-46-37-30(8-3-9-31(37)49(40(46)53)32-14-15-34(51)44-39(32)52)28-7-2-5-26(23-28)6-4-20-55-25-27-10-12-29(13-11-27)48-24-33(36(45-48)38(41)42)50-35(16-17-43-50)47-18-21-54-22-19-47/h2-3,5,7-9,16-17,23-24,27,29,32,38H,4,6,10-15,18-22,25H2,1H3,(H,44,51,52). The maximum absolute atomic E-state index is 14.2. The van der Waals surface area contributed by atoms with Gasteiger partial charge in [0.2, 0.25) is 11.8 Å². The number of nitrogens with zero attached hydrogens (tertiary/aromatic N) is 7. The minimum atomic E-state index is -2.71. The van der Waals surface area contributed by atoms with E-state index in [1.54, 1.807) is 33.4 Å². The Balaban J connectivity index is 0.848. The summed E-state index contributed by atoms with van der Waals surface area (Å²) in [6, 6.07) is 15.1. The van der Waals surface area contributed by atoms with Crippen molar-refractivity contribution in [2.75, 3.05) is 44.4 Å². The molecule has 5 aromatic rings. The predicted molar refractivity (Wildman–Crippen MR) is 202 cm³/mol. The lowest BCUT2D eigenvalue weighted by molar-refractivity contribution is -0.135. The van der Waals surface area contributed by atoms with E-state index in [2.05, 4.69) is 32.5 Å². The minimum absolute atomic E-state index is 0.0430. The lowest BCUT2D eigenvalue weighted by Crippen LogP contribution is -2.44. The summed E-state index contributed by atoms with van der Waals surface area (Å²) >= 11 is 0. The van der Waals surface area contributed by atoms with Gasteiger partial charge in [0, 0.05) is 51.4 Å². The average molecular weight is 757 g/mol. The molecule has 1 N–H and O–H groups in total. The van der Waals surface area contributed by atoms with Crippen molar-refractivity contribution in [2.45, 2.75) is 69.9 Å². The number of halogens is 2. The molecule has 3 aromatic heterocycles. The van der Waals surface area contributed by atoms with Gasteiger partial charge in [-0.3, -0.25) is 28.7 Å². The van der Waals surface area contributed by atoms with Crippen LogP contribution in [0, 0.1) is 5.92 Å². The Morgan fingerprint density at radius 3 is 2.58 bits per heavy atom. The van der Waals surface area contributed by atoms with Gasteiger partial charge in [0.05, 0.1) is 42.7 Å². The Labute approximate surface area is 316 Å². The molecule has 8 rings (SSSR count). The Morgan fingerprint density at radius 1 is 1.00 bits per heavy atom. The average Bonchev–Trinajstić information content (AvgIpc) is 3.93. The predicted octanol–water partition coefficient (Wildman–Crippen LogP) is 5.52. The molecule has 290 valence electrons. The molecule has 2 saturated heterocycles. The highest BCUT2D eigenvalue weighted by molar-refractivity contribution is 6.00. The highest BCUT2D eigenvalue weighted by Gasteiger charge is 2.32. The lowest BCUT2D eigenvalue weighted by Gasteiger charge is -2.29. The third-order valence-corrected chi connectivity index (χ3v) is 11.3. The number of imide groups is 1. The smallest absolute Gasteiger partial charge is 0.329 e. The van der Waals surface area contributed by atoms with Crippen molar-refractivity contribution in [2.24, 2.45) is 13.0 Å². The van der Waals surface area contributed by atoms with Crippen LogP contribution in [0.3, 0.4) is 0 Å². The number of morpholine rings is 1. The molecule has 0 bridgehead atoms. The fraction of sp³-hybridized carbons (Fsp3) is 0.475. The summed E-state index contributed by atoms with van der Waals surface area (Å²) in [5.41, 5.74) is 4.21. The first kappa shape index (κ1) is 36.8. The van der Waals surface area contributed by atoms with Crippen molar-refractivity contribution in [3.63, 3.8) is 0 Å². The van der Waals surface area contributed by atoms with Gasteiger partial charge in [-0.1, -0.05) is 36.4 Å². The Hall–Kier alpha value is -5.15. The van der Waals surface area contributed by atoms with E-state index in [1.165, 1.54) is 4.57 Å². The number of amides is 2. The highest BCUT2D eigenvalue weighted by Crippen LogP contribution is 2.36. The van der Waals surface area contributed by atoms with Crippen molar-refractivity contribution in [1.82, 2.24) is 34.0 Å². The van der Waals surface area contributed by atoms with Crippen LogP contribution in [0.4, 0.5) is 14.6 Å². The lowest BCUT2D eigenvalue weighted by atomic mass is 9.86. The number of rotatable bonds is 12. The monoisotopic (exact) mass is 756 g/mol. The molecule has 0 radical (unpaired) electrons. The second-order valence-electron chi connectivity index (χ2n) is 14.8. The molecule has 13 nitrogen and oxygen atoms in total. The quantitative estimate of drug-likeness (QED) is 0.130. The number of aryl methyl sites for hydroxylation is 2. The second kappa shape index (κ2) is 15.9. The van der Waals surface area contributed by atoms with Gasteiger partial charge in [-0.15, -0.1) is 0 Å². The van der Waals surface area contributed by atoms with E-state index in [1.807, 2.05) is 36.4 Å². The Bertz CT molecular complexity index is 2230. The van der Waals surface area contributed by atoms with Crippen LogP contribution in [0.5, 0.6) is 0 Å². The topological polar surface area (TPSA) is 130 Å². The van der Waals surface area contributed by atoms with E-state index < -0.39 is 18.4 Å². The molecule has 1 atom stereocenters. The van der Waals surface area contributed by atoms with Crippen molar-refractivity contribution in [3.05, 3.63) is 82.7 Å². The summed E-state index contributed by atoms with van der Waals surface area (Å²) in [6.07, 6.45) is 6.36. The van der Waals surface area contributed by atoms with Gasteiger partial charge in [-0.2, -0.15) is 10.2 Å². The van der Waals surface area contributed by atoms with Gasteiger partial charge in [0.25, 0.3) is 6.43 Å². The largest absolute Gasteiger partial charge is 0.381 e. The highest BCUT2D eigenvalue weighted by atomic mass is 19.3. The summed E-state index contributed by atoms with van der Waals surface area (Å²) in [5.74, 6) is 0.401. The molecule has 15 heteroatoms. The summed E-state index contributed by atoms with van der Waals surface area (Å²) in [5, 5.41) is 11.1. The van der Waals surface area contributed by atoms with Gasteiger partial charge in [-0.25, -0.2) is 18.3 Å². The first-order chi connectivity index (χ1) is 26.8. The van der Waals surface area contributed by atoms with E-state index in [-0.39, 0.29) is 36.2 Å². The summed E-state index contributed by atoms with van der Waals surface area (Å²) in [7, 11) is 1.71. The summed E-state index contributed by atoms with van der Waals surface area (Å²) in [6.45, 7) is 3.81. The third-order valence-electron chi connectivity index (χ3n) is 11.3. The fourth-order valence-corrected chi connectivity index (χ4v) is 8.42. The van der Waals surface area contributed by atoms with Crippen LogP contribution in [0.2, 0.25) is 0 Å². The first-order valence-corrected chi connectivity index (χ1v) is 19.2. The molecule has 1 saturated carbocycles. The molecule has 3 aliphatic rings. The molecule has 5 heterocycles. The summed E-state index contributed by atoms with van der Waals surface area (Å²) in [4.78, 5) is 39.9. The number of fused-ring (bicyclic) bond motifs is 1. The van der Waals surface area contributed by atoms with Crippen molar-refractivity contribution in [3.8, 4) is 16.8 Å². The maximum atomic E-state index is 14.2. The number of piperidine rings is 1. The van der Waals surface area contributed by atoms with E-state index in [9.17, 15) is 23.2 Å². The molecular weight excluding hydrogens is 710 g/mol. The minimum Gasteiger partial charge on any atom is -0.381 e. The van der Waals surface area contributed by atoms with Crippen LogP contribution in [0.25, 0.3) is 27.8 Å². The third kappa shape index (κ3) is 7.46. The number of ether oxygens (including phenoxy) is 2. The van der Waals surface area contributed by atoms with E-state index >= 15 is 0 Å². The number of nitrogens with one attached hydrogen (secondary N) is 1. The van der Waals surface area contributed by atoms with Crippen molar-refractivity contribution >= 4 is 28.7 Å². The van der Waals surface area contributed by atoms with Gasteiger partial charge in [0.1, 0.15) is 17.5 Å². The fourth-order valence-electron chi connectivity index (χ4n) is 8.42. The Kier molecular flexibility index (Phi) is 10.6. The van der Waals surface area contributed by atoms with Crippen LogP contribution >= 0.6 is 0 Å². The maximum Gasteiger partial charge on any atom is 0.329 e. The zero-order valence-electron chi connectivity index (χ0n) is 30.9. The number of hydrogen-bond acceptors (Lipinski definition) is 8. The number of alkyl halides is 2. The number of hydrogen-bond donors (Lipinski definition) is 1. The molecule has 2 aromatic carbocycles. The number of carbonyl (C=O) groups is 2.